The van der Waals surface area contributed by atoms with Crippen LogP contribution in [0.5, 0.6) is 0 Å². The fourth-order valence-electron chi connectivity index (χ4n) is 3.87. The molecule has 3 aromatic carbocycles. The van der Waals surface area contributed by atoms with Crippen LogP contribution in [0, 0.1) is 0 Å². The minimum atomic E-state index is -0.811. The lowest BCUT2D eigenvalue weighted by atomic mass is 9.82. The predicted octanol–water partition coefficient (Wildman–Crippen LogP) is 5.48. The van der Waals surface area contributed by atoms with Crippen LogP contribution >= 0.6 is 11.3 Å². The van der Waals surface area contributed by atoms with Crippen LogP contribution in [0.25, 0.3) is 10.4 Å². The van der Waals surface area contributed by atoms with Crippen molar-refractivity contribution in [1.29, 1.82) is 0 Å². The number of hydrogen-bond acceptors (Lipinski definition) is 7. The molecule has 3 N–H and O–H groups in total. The molecule has 1 heterocycles. The first-order chi connectivity index (χ1) is 16.6. The van der Waals surface area contributed by atoms with Gasteiger partial charge in [-0.15, -0.1) is 0 Å². The summed E-state index contributed by atoms with van der Waals surface area (Å²) in [6, 6.07) is 28.2. The molecule has 0 bridgehead atoms. The van der Waals surface area contributed by atoms with E-state index in [2.05, 4.69) is 41.0 Å². The molecule has 34 heavy (non-hydrogen) atoms. The highest BCUT2D eigenvalue weighted by Crippen LogP contribution is 2.41. The highest BCUT2D eigenvalue weighted by Gasteiger charge is 2.28. The third kappa shape index (κ3) is 4.74. The van der Waals surface area contributed by atoms with Gasteiger partial charge in [-0.3, -0.25) is 0 Å². The van der Waals surface area contributed by atoms with E-state index in [1.165, 1.54) is 17.4 Å². The normalized spacial score (nSPS) is 11.4. The Morgan fingerprint density at radius 2 is 1.62 bits per heavy atom. The van der Waals surface area contributed by atoms with Crippen molar-refractivity contribution in [3.8, 4) is 10.4 Å². The summed E-state index contributed by atoms with van der Waals surface area (Å²) in [6.07, 6.45) is 1.43. The van der Waals surface area contributed by atoms with Crippen molar-refractivity contribution in [2.75, 3.05) is 12.3 Å². The zero-order valence-electron chi connectivity index (χ0n) is 18.3. The number of oxime groups is 1. The second kappa shape index (κ2) is 10.6. The molecule has 0 saturated carbocycles. The van der Waals surface area contributed by atoms with Crippen molar-refractivity contribution in [3.63, 3.8) is 0 Å². The largest absolute Gasteiger partial charge is 0.457 e. The molecule has 1 aromatic heterocycles. The van der Waals surface area contributed by atoms with Crippen molar-refractivity contribution >= 4 is 28.1 Å². The third-order valence-electron chi connectivity index (χ3n) is 5.28. The van der Waals surface area contributed by atoms with Crippen LogP contribution in [0.15, 0.2) is 103 Å². The van der Waals surface area contributed by atoms with Crippen LogP contribution in [0.4, 0.5) is 5.13 Å². The van der Waals surface area contributed by atoms with E-state index in [1.54, 1.807) is 0 Å². The predicted molar refractivity (Wildman–Crippen MR) is 135 cm³/mol. The van der Waals surface area contributed by atoms with E-state index in [0.717, 1.165) is 22.3 Å². The first-order valence-electron chi connectivity index (χ1n) is 10.6. The average Bonchev–Trinajstić information content (AvgIpc) is 3.26. The maximum absolute atomic E-state index is 12.6. The highest BCUT2D eigenvalue weighted by atomic mass is 32.1. The Balaban J connectivity index is 1.90. The quantitative estimate of drug-likeness (QED) is 0.0889. The first kappa shape index (κ1) is 22.9. The molecule has 6 nitrogen and oxygen atoms in total. The van der Waals surface area contributed by atoms with Gasteiger partial charge in [0.05, 0.1) is 4.88 Å². The molecule has 0 saturated heterocycles. The van der Waals surface area contributed by atoms with Gasteiger partial charge in [0, 0.05) is 5.92 Å². The number of hydrogen-bond donors (Lipinski definition) is 2. The molecule has 0 atom stereocenters. The van der Waals surface area contributed by atoms with Crippen LogP contribution < -0.4 is 5.73 Å². The third-order valence-corrected chi connectivity index (χ3v) is 6.19. The van der Waals surface area contributed by atoms with E-state index in [0.29, 0.717) is 4.88 Å². The summed E-state index contributed by atoms with van der Waals surface area (Å²) in [4.78, 5) is 17.5. The Kier molecular flexibility index (Phi) is 7.15. The SMILES string of the molecule is C=CCOC(=O)/C(=N\O)c1nc(N)sc1-c1ccccc1C(c1ccccc1)c1ccccc1. The molecule has 0 spiro atoms. The Hall–Kier alpha value is -4.23. The lowest BCUT2D eigenvalue weighted by molar-refractivity contribution is -0.134. The standard InChI is InChI=1S/C27H23N3O3S/c1-2-17-33-26(31)24(30-32)23-25(34-27(28)29-23)21-16-10-9-15-20(21)22(18-11-5-3-6-12-18)19-13-7-4-8-14-19/h2-16,22,32H,1,17H2,(H2,28,29)/b30-24-. The van der Waals surface area contributed by atoms with Crippen molar-refractivity contribution in [2.45, 2.75) is 5.92 Å². The average molecular weight is 470 g/mol. The highest BCUT2D eigenvalue weighted by molar-refractivity contribution is 7.19. The number of ether oxygens (including phenoxy) is 1. The van der Waals surface area contributed by atoms with E-state index in [9.17, 15) is 10.0 Å². The van der Waals surface area contributed by atoms with E-state index >= 15 is 0 Å². The molecule has 0 aliphatic rings. The van der Waals surface area contributed by atoms with Crippen molar-refractivity contribution in [2.24, 2.45) is 5.16 Å². The van der Waals surface area contributed by atoms with Crippen LogP contribution in [0.2, 0.25) is 0 Å². The minimum Gasteiger partial charge on any atom is -0.457 e. The maximum atomic E-state index is 12.6. The van der Waals surface area contributed by atoms with Crippen molar-refractivity contribution in [1.82, 2.24) is 4.98 Å². The van der Waals surface area contributed by atoms with Crippen LogP contribution in [0.1, 0.15) is 28.3 Å². The molecule has 0 aliphatic carbocycles. The number of benzene rings is 3. The van der Waals surface area contributed by atoms with E-state index in [1.807, 2.05) is 60.7 Å². The molecule has 0 radical (unpaired) electrons. The molecule has 0 amide bonds. The van der Waals surface area contributed by atoms with Gasteiger partial charge in [-0.05, 0) is 22.3 Å². The molecule has 0 unspecified atom stereocenters. The Labute approximate surface area is 201 Å². The smallest absolute Gasteiger partial charge is 0.363 e. The summed E-state index contributed by atoms with van der Waals surface area (Å²) in [5.74, 6) is -0.897. The van der Waals surface area contributed by atoms with E-state index in [4.69, 9.17) is 10.5 Å². The number of nitrogens with zero attached hydrogens (tertiary/aromatic N) is 2. The number of nitrogens with two attached hydrogens (primary N) is 1. The van der Waals surface area contributed by atoms with Gasteiger partial charge in [-0.25, -0.2) is 9.78 Å². The second-order valence-corrected chi connectivity index (χ2v) is 8.44. The number of thiazole rings is 1. The second-order valence-electron chi connectivity index (χ2n) is 7.41. The summed E-state index contributed by atoms with van der Waals surface area (Å²) in [5.41, 5.74) is 9.99. The minimum absolute atomic E-state index is 0.0204. The zero-order chi connectivity index (χ0) is 23.9. The fraction of sp³-hybridized carbons (Fsp3) is 0.0741. The summed E-state index contributed by atoms with van der Waals surface area (Å²) in [5, 5.41) is 13.1. The fourth-order valence-corrected chi connectivity index (χ4v) is 4.75. The van der Waals surface area contributed by atoms with E-state index < -0.39 is 5.97 Å². The van der Waals surface area contributed by atoms with Gasteiger partial charge < -0.3 is 15.7 Å². The van der Waals surface area contributed by atoms with Gasteiger partial charge >= 0.3 is 5.97 Å². The summed E-state index contributed by atoms with van der Waals surface area (Å²) in [7, 11) is 0. The zero-order valence-corrected chi connectivity index (χ0v) is 19.1. The number of aromatic nitrogens is 1. The Morgan fingerprint density at radius 1 is 1.03 bits per heavy atom. The van der Waals surface area contributed by atoms with Crippen LogP contribution in [0.3, 0.4) is 0 Å². The molecular weight excluding hydrogens is 446 g/mol. The monoisotopic (exact) mass is 469 g/mol. The first-order valence-corrected chi connectivity index (χ1v) is 11.4. The van der Waals surface area contributed by atoms with Gasteiger partial charge in [0.25, 0.3) is 0 Å². The molecule has 7 heteroatoms. The summed E-state index contributed by atoms with van der Waals surface area (Å²) < 4.78 is 5.09. The van der Waals surface area contributed by atoms with Gasteiger partial charge in [0.15, 0.2) is 5.13 Å². The molecular formula is C27H23N3O3S. The van der Waals surface area contributed by atoms with E-state index in [-0.39, 0.29) is 29.1 Å². The lowest BCUT2D eigenvalue weighted by Gasteiger charge is -2.22. The number of carbonyl (C=O) groups excluding carboxylic acids is 1. The molecule has 0 aliphatic heterocycles. The number of carbonyl (C=O) groups is 1. The van der Waals surface area contributed by atoms with Crippen LogP contribution in [-0.4, -0.2) is 28.5 Å². The molecule has 4 aromatic rings. The van der Waals surface area contributed by atoms with Crippen molar-refractivity contribution < 1.29 is 14.7 Å². The number of esters is 1. The molecule has 0 fully saturated rings. The molecule has 4 rings (SSSR count). The number of anilines is 1. The van der Waals surface area contributed by atoms with Crippen molar-refractivity contribution in [3.05, 3.63) is 120 Å². The Bertz CT molecular complexity index is 1280. The molecule has 170 valence electrons. The summed E-state index contributed by atoms with van der Waals surface area (Å²) in [6.45, 7) is 3.51. The van der Waals surface area contributed by atoms with Gasteiger partial charge in [-0.2, -0.15) is 0 Å². The Morgan fingerprint density at radius 3 is 2.21 bits per heavy atom. The van der Waals surface area contributed by atoms with Gasteiger partial charge in [0.2, 0.25) is 5.71 Å². The lowest BCUT2D eigenvalue weighted by Crippen LogP contribution is -2.20. The van der Waals surface area contributed by atoms with Crippen LogP contribution in [-0.2, 0) is 9.53 Å². The van der Waals surface area contributed by atoms with Gasteiger partial charge in [-0.1, -0.05) is 114 Å². The number of nitrogen functional groups attached to an aromatic ring is 1. The van der Waals surface area contributed by atoms with Gasteiger partial charge in [0.1, 0.15) is 12.3 Å². The summed E-state index contributed by atoms with van der Waals surface area (Å²) >= 11 is 1.22. The maximum Gasteiger partial charge on any atom is 0.363 e. The topological polar surface area (TPSA) is 97.8 Å². The number of rotatable bonds is 8.